The number of nitrogens with one attached hydrogen (secondary N) is 1. The van der Waals surface area contributed by atoms with Crippen molar-refractivity contribution >= 4 is 40.1 Å². The second kappa shape index (κ2) is 8.06. The van der Waals surface area contributed by atoms with Crippen molar-refractivity contribution in [2.75, 3.05) is 0 Å². The van der Waals surface area contributed by atoms with Crippen LogP contribution in [0.4, 0.5) is 0 Å². The molecular formula is C20H14Cl2N4O3. The largest absolute Gasteiger partial charge is 0.422 e. The maximum Gasteiger partial charge on any atom is 0.349 e. The first-order valence-electron chi connectivity index (χ1n) is 8.64. The molecule has 0 atom stereocenters. The van der Waals surface area contributed by atoms with Gasteiger partial charge in [0.1, 0.15) is 11.1 Å². The van der Waals surface area contributed by atoms with Gasteiger partial charge in [0.25, 0.3) is 5.91 Å². The zero-order chi connectivity index (χ0) is 20.4. The van der Waals surface area contributed by atoms with Crippen LogP contribution in [-0.4, -0.2) is 20.9 Å². The fourth-order valence-electron chi connectivity index (χ4n) is 2.87. The molecule has 4 aromatic rings. The number of carbonyl (C=O) groups is 1. The molecule has 1 amide bonds. The second-order valence-electron chi connectivity index (χ2n) is 6.26. The van der Waals surface area contributed by atoms with Gasteiger partial charge in [0, 0.05) is 5.39 Å². The highest BCUT2D eigenvalue weighted by molar-refractivity contribution is 6.42. The average Bonchev–Trinajstić information content (AvgIpc) is 3.16. The van der Waals surface area contributed by atoms with Gasteiger partial charge >= 0.3 is 5.63 Å². The highest BCUT2D eigenvalue weighted by Gasteiger charge is 2.15. The molecule has 0 aliphatic heterocycles. The molecule has 0 fully saturated rings. The summed E-state index contributed by atoms with van der Waals surface area (Å²) in [4.78, 5) is 24.6. The lowest BCUT2D eigenvalue weighted by Gasteiger charge is -2.09. The van der Waals surface area contributed by atoms with E-state index in [9.17, 15) is 9.59 Å². The molecule has 9 heteroatoms. The van der Waals surface area contributed by atoms with Crippen molar-refractivity contribution in [3.8, 4) is 0 Å². The molecule has 2 aromatic carbocycles. The van der Waals surface area contributed by atoms with Crippen LogP contribution in [0.5, 0.6) is 0 Å². The number of aromatic nitrogens is 3. The van der Waals surface area contributed by atoms with E-state index >= 15 is 0 Å². The Morgan fingerprint density at radius 2 is 1.97 bits per heavy atom. The summed E-state index contributed by atoms with van der Waals surface area (Å²) >= 11 is 12.3. The van der Waals surface area contributed by atoms with E-state index in [0.717, 1.165) is 5.56 Å². The molecule has 0 bridgehead atoms. The van der Waals surface area contributed by atoms with Gasteiger partial charge in [-0.3, -0.25) is 4.79 Å². The van der Waals surface area contributed by atoms with Crippen molar-refractivity contribution in [3.63, 3.8) is 0 Å². The minimum atomic E-state index is -0.696. The Kier molecular flexibility index (Phi) is 5.33. The number of hydrogen-bond acceptors (Lipinski definition) is 5. The number of amides is 1. The molecule has 0 saturated heterocycles. The number of carbonyl (C=O) groups excluding carboxylic acids is 1. The third-order valence-electron chi connectivity index (χ3n) is 4.37. The number of rotatable bonds is 5. The minimum Gasteiger partial charge on any atom is -0.422 e. The second-order valence-corrected chi connectivity index (χ2v) is 7.05. The van der Waals surface area contributed by atoms with E-state index in [1.807, 2.05) is 6.07 Å². The summed E-state index contributed by atoms with van der Waals surface area (Å²) in [5, 5.41) is 12.2. The Morgan fingerprint density at radius 3 is 2.83 bits per heavy atom. The zero-order valence-electron chi connectivity index (χ0n) is 14.9. The van der Waals surface area contributed by atoms with Gasteiger partial charge in [0.05, 0.1) is 35.0 Å². The van der Waals surface area contributed by atoms with E-state index < -0.39 is 11.5 Å². The lowest BCUT2D eigenvalue weighted by molar-refractivity contribution is 0.0946. The van der Waals surface area contributed by atoms with Gasteiger partial charge in [-0.15, -0.1) is 5.10 Å². The molecule has 0 aliphatic rings. The van der Waals surface area contributed by atoms with Crippen LogP contribution in [0, 0.1) is 0 Å². The first-order chi connectivity index (χ1) is 14.0. The summed E-state index contributed by atoms with van der Waals surface area (Å²) in [6.45, 7) is 0.457. The van der Waals surface area contributed by atoms with Crippen LogP contribution in [0.1, 0.15) is 21.6 Å². The van der Waals surface area contributed by atoms with Crippen LogP contribution in [-0.2, 0) is 13.1 Å². The van der Waals surface area contributed by atoms with Crippen molar-refractivity contribution in [1.82, 2.24) is 20.3 Å². The quantitative estimate of drug-likeness (QED) is 0.489. The monoisotopic (exact) mass is 428 g/mol. The molecule has 1 N–H and O–H groups in total. The Hall–Kier alpha value is -3.16. The summed E-state index contributed by atoms with van der Waals surface area (Å²) in [5.74, 6) is -0.543. The van der Waals surface area contributed by atoms with Gasteiger partial charge in [0.2, 0.25) is 0 Å². The molecule has 146 valence electrons. The Morgan fingerprint density at radius 1 is 1.14 bits per heavy atom. The van der Waals surface area contributed by atoms with Gasteiger partial charge in [-0.2, -0.15) is 0 Å². The van der Waals surface area contributed by atoms with Crippen molar-refractivity contribution in [3.05, 3.63) is 92.0 Å². The van der Waals surface area contributed by atoms with Gasteiger partial charge in [-0.05, 0) is 23.8 Å². The third kappa shape index (κ3) is 4.01. The van der Waals surface area contributed by atoms with Crippen molar-refractivity contribution in [2.24, 2.45) is 0 Å². The summed E-state index contributed by atoms with van der Waals surface area (Å²) in [7, 11) is 0. The van der Waals surface area contributed by atoms with Gasteiger partial charge < -0.3 is 9.73 Å². The Balaban J connectivity index is 1.51. The molecule has 0 unspecified atom stereocenters. The highest BCUT2D eigenvalue weighted by Crippen LogP contribution is 2.26. The maximum absolute atomic E-state index is 12.5. The number of fused-ring (bicyclic) bond motifs is 1. The first-order valence-corrected chi connectivity index (χ1v) is 9.40. The van der Waals surface area contributed by atoms with E-state index in [2.05, 4.69) is 15.6 Å². The van der Waals surface area contributed by atoms with Crippen LogP contribution in [0.15, 0.2) is 63.9 Å². The molecule has 0 saturated carbocycles. The fourth-order valence-corrected chi connectivity index (χ4v) is 3.25. The highest BCUT2D eigenvalue weighted by atomic mass is 35.5. The van der Waals surface area contributed by atoms with E-state index in [4.69, 9.17) is 27.6 Å². The predicted molar refractivity (Wildman–Crippen MR) is 109 cm³/mol. The standard InChI is InChI=1S/C20H14Cl2N4O3/c21-16-6-3-5-13(18(16)22)11-26-14(10-24-25-26)9-23-19(27)15-8-12-4-1-2-7-17(12)29-20(15)28/h1-8,10H,9,11H2,(H,23,27). The molecule has 0 aliphatic carbocycles. The number of benzene rings is 2. The number of nitrogens with zero attached hydrogens (tertiary/aromatic N) is 3. The molecule has 29 heavy (non-hydrogen) atoms. The number of halogens is 2. The maximum atomic E-state index is 12.5. The third-order valence-corrected chi connectivity index (χ3v) is 5.22. The van der Waals surface area contributed by atoms with Crippen LogP contribution < -0.4 is 10.9 Å². The van der Waals surface area contributed by atoms with E-state index in [1.165, 1.54) is 12.3 Å². The average molecular weight is 429 g/mol. The predicted octanol–water partition coefficient (Wildman–Crippen LogP) is 3.67. The van der Waals surface area contributed by atoms with E-state index in [-0.39, 0.29) is 12.1 Å². The number of para-hydroxylation sites is 1. The Labute approximate surface area is 174 Å². The van der Waals surface area contributed by atoms with Crippen molar-refractivity contribution in [2.45, 2.75) is 13.1 Å². The topological polar surface area (TPSA) is 90.0 Å². The normalized spacial score (nSPS) is 11.0. The van der Waals surface area contributed by atoms with Crippen molar-refractivity contribution < 1.29 is 9.21 Å². The van der Waals surface area contributed by atoms with Gasteiger partial charge in [0.15, 0.2) is 0 Å². The summed E-state index contributed by atoms with van der Waals surface area (Å²) in [5.41, 5.74) is 1.07. The smallest absolute Gasteiger partial charge is 0.349 e. The lowest BCUT2D eigenvalue weighted by Crippen LogP contribution is -2.28. The van der Waals surface area contributed by atoms with Gasteiger partial charge in [-0.25, -0.2) is 9.48 Å². The molecule has 0 radical (unpaired) electrons. The number of hydrogen-bond donors (Lipinski definition) is 1. The molecule has 7 nitrogen and oxygen atoms in total. The summed E-state index contributed by atoms with van der Waals surface area (Å²) in [6.07, 6.45) is 1.53. The Bertz CT molecular complexity index is 1270. The summed E-state index contributed by atoms with van der Waals surface area (Å²) in [6, 6.07) is 13.8. The molecule has 4 rings (SSSR count). The van der Waals surface area contributed by atoms with Crippen LogP contribution in [0.2, 0.25) is 10.0 Å². The first kappa shape index (κ1) is 19.2. The minimum absolute atomic E-state index is 0.0689. The molecule has 2 heterocycles. The lowest BCUT2D eigenvalue weighted by atomic mass is 10.2. The summed E-state index contributed by atoms with van der Waals surface area (Å²) < 4.78 is 6.80. The van der Waals surface area contributed by atoms with Crippen LogP contribution in [0.25, 0.3) is 11.0 Å². The molecule has 2 aromatic heterocycles. The van der Waals surface area contributed by atoms with Crippen LogP contribution >= 0.6 is 23.2 Å². The molecular weight excluding hydrogens is 415 g/mol. The molecule has 0 spiro atoms. The SMILES string of the molecule is O=C(NCc1cnnn1Cc1cccc(Cl)c1Cl)c1cc2ccccc2oc1=O. The zero-order valence-corrected chi connectivity index (χ0v) is 16.4. The van der Waals surface area contributed by atoms with Crippen molar-refractivity contribution in [1.29, 1.82) is 0 Å². The van der Waals surface area contributed by atoms with Gasteiger partial charge in [-0.1, -0.05) is 58.7 Å². The van der Waals surface area contributed by atoms with Crippen LogP contribution in [0.3, 0.4) is 0 Å². The van der Waals surface area contributed by atoms with E-state index in [0.29, 0.717) is 33.3 Å². The van der Waals surface area contributed by atoms with E-state index in [1.54, 1.807) is 41.1 Å². The fraction of sp³-hybridized carbons (Fsp3) is 0.100.